The van der Waals surface area contributed by atoms with Gasteiger partial charge in [-0.05, 0) is 43.3 Å². The summed E-state index contributed by atoms with van der Waals surface area (Å²) in [5.41, 5.74) is 3.09. The van der Waals surface area contributed by atoms with Gasteiger partial charge in [-0.25, -0.2) is 14.6 Å². The zero-order valence-corrected chi connectivity index (χ0v) is 15.5. The second-order valence-electron chi connectivity index (χ2n) is 6.50. The van der Waals surface area contributed by atoms with Crippen LogP contribution in [0, 0.1) is 6.92 Å². The van der Waals surface area contributed by atoms with Crippen LogP contribution in [0.1, 0.15) is 26.4 Å². The van der Waals surface area contributed by atoms with E-state index in [1.54, 1.807) is 48.0 Å². The molecule has 7 heteroatoms. The SMILES string of the molecule is Cc1nn(-c2ccc(Cl)cc2)c2ncc3c(c12)C(=O)N(c1ccccc1)C3=O. The molecule has 136 valence electrons. The first kappa shape index (κ1) is 16.6. The lowest BCUT2D eigenvalue weighted by atomic mass is 10.1. The van der Waals surface area contributed by atoms with Gasteiger partial charge >= 0.3 is 0 Å². The van der Waals surface area contributed by atoms with E-state index in [2.05, 4.69) is 10.1 Å². The third-order valence-electron chi connectivity index (χ3n) is 4.81. The summed E-state index contributed by atoms with van der Waals surface area (Å²) >= 11 is 5.98. The van der Waals surface area contributed by atoms with Gasteiger partial charge in [-0.2, -0.15) is 5.10 Å². The number of benzene rings is 2. The number of halogens is 1. The third-order valence-corrected chi connectivity index (χ3v) is 5.06. The first-order valence-corrected chi connectivity index (χ1v) is 9.02. The van der Waals surface area contributed by atoms with Crippen LogP contribution in [0.5, 0.6) is 0 Å². The number of fused-ring (bicyclic) bond motifs is 3. The number of aromatic nitrogens is 3. The number of carbonyl (C=O) groups is 2. The number of amides is 2. The summed E-state index contributed by atoms with van der Waals surface area (Å²) in [4.78, 5) is 31.7. The summed E-state index contributed by atoms with van der Waals surface area (Å²) < 4.78 is 1.66. The van der Waals surface area contributed by atoms with E-state index in [9.17, 15) is 9.59 Å². The molecule has 3 heterocycles. The van der Waals surface area contributed by atoms with E-state index in [0.717, 1.165) is 5.69 Å². The Morgan fingerprint density at radius 3 is 2.32 bits per heavy atom. The number of nitrogens with zero attached hydrogens (tertiary/aromatic N) is 4. The molecule has 0 saturated carbocycles. The predicted molar refractivity (Wildman–Crippen MR) is 106 cm³/mol. The molecule has 2 aromatic heterocycles. The van der Waals surface area contributed by atoms with Crippen molar-refractivity contribution in [2.75, 3.05) is 4.90 Å². The van der Waals surface area contributed by atoms with E-state index in [1.165, 1.54) is 11.1 Å². The third kappa shape index (κ3) is 2.28. The van der Waals surface area contributed by atoms with Gasteiger partial charge in [0, 0.05) is 11.2 Å². The van der Waals surface area contributed by atoms with E-state index in [1.807, 2.05) is 18.2 Å². The van der Waals surface area contributed by atoms with Crippen LogP contribution in [-0.2, 0) is 0 Å². The zero-order chi connectivity index (χ0) is 19.4. The lowest BCUT2D eigenvalue weighted by Crippen LogP contribution is -2.29. The Hall–Kier alpha value is -3.51. The van der Waals surface area contributed by atoms with Gasteiger partial charge in [0.2, 0.25) is 0 Å². The van der Waals surface area contributed by atoms with E-state index in [0.29, 0.717) is 38.6 Å². The molecule has 0 radical (unpaired) electrons. The van der Waals surface area contributed by atoms with Crippen LogP contribution >= 0.6 is 11.6 Å². The molecule has 5 rings (SSSR count). The van der Waals surface area contributed by atoms with Crippen LogP contribution in [0.25, 0.3) is 16.7 Å². The molecular formula is C21H13ClN4O2. The van der Waals surface area contributed by atoms with Gasteiger partial charge in [0.05, 0.1) is 33.6 Å². The molecular weight excluding hydrogens is 376 g/mol. The number of carbonyl (C=O) groups excluding carboxylic acids is 2. The summed E-state index contributed by atoms with van der Waals surface area (Å²) in [6.07, 6.45) is 1.45. The maximum absolute atomic E-state index is 13.2. The first-order chi connectivity index (χ1) is 13.6. The minimum absolute atomic E-state index is 0.292. The molecule has 4 aromatic rings. The quantitative estimate of drug-likeness (QED) is 0.483. The van der Waals surface area contributed by atoms with E-state index >= 15 is 0 Å². The average molecular weight is 389 g/mol. The van der Waals surface area contributed by atoms with E-state index < -0.39 is 0 Å². The van der Waals surface area contributed by atoms with Crippen LogP contribution in [0.4, 0.5) is 5.69 Å². The number of anilines is 1. The molecule has 0 N–H and O–H groups in total. The van der Waals surface area contributed by atoms with E-state index in [-0.39, 0.29) is 11.8 Å². The number of imide groups is 1. The fourth-order valence-electron chi connectivity index (χ4n) is 3.53. The van der Waals surface area contributed by atoms with Crippen molar-refractivity contribution in [3.8, 4) is 5.69 Å². The molecule has 0 atom stereocenters. The molecule has 0 unspecified atom stereocenters. The number of hydrogen-bond donors (Lipinski definition) is 0. The lowest BCUT2D eigenvalue weighted by molar-refractivity contribution is 0.0926. The second-order valence-corrected chi connectivity index (χ2v) is 6.94. The molecule has 28 heavy (non-hydrogen) atoms. The normalized spacial score (nSPS) is 13.4. The molecule has 6 nitrogen and oxygen atoms in total. The summed E-state index contributed by atoms with van der Waals surface area (Å²) in [7, 11) is 0. The number of para-hydroxylation sites is 1. The van der Waals surface area contributed by atoms with Crippen molar-refractivity contribution in [2.45, 2.75) is 6.92 Å². The number of hydrogen-bond acceptors (Lipinski definition) is 4. The van der Waals surface area contributed by atoms with Gasteiger partial charge in [0.1, 0.15) is 0 Å². The van der Waals surface area contributed by atoms with Crippen LogP contribution in [-0.4, -0.2) is 26.6 Å². The maximum Gasteiger partial charge on any atom is 0.267 e. The summed E-state index contributed by atoms with van der Waals surface area (Å²) in [5, 5.41) is 5.76. The Labute approximate surface area is 165 Å². The molecule has 0 aliphatic carbocycles. The van der Waals surface area contributed by atoms with Crippen molar-refractivity contribution in [3.05, 3.63) is 82.6 Å². The highest BCUT2D eigenvalue weighted by Gasteiger charge is 2.39. The first-order valence-electron chi connectivity index (χ1n) is 8.64. The topological polar surface area (TPSA) is 68.1 Å². The monoisotopic (exact) mass is 388 g/mol. The van der Waals surface area contributed by atoms with Crippen molar-refractivity contribution in [1.29, 1.82) is 0 Å². The largest absolute Gasteiger partial charge is 0.268 e. The Morgan fingerprint density at radius 2 is 1.61 bits per heavy atom. The molecule has 0 bridgehead atoms. The molecule has 0 saturated heterocycles. The van der Waals surface area contributed by atoms with Crippen molar-refractivity contribution in [2.24, 2.45) is 0 Å². The van der Waals surface area contributed by atoms with Crippen molar-refractivity contribution in [1.82, 2.24) is 14.8 Å². The minimum Gasteiger partial charge on any atom is -0.268 e. The second kappa shape index (κ2) is 6.00. The Balaban J connectivity index is 1.73. The molecule has 2 amide bonds. The van der Waals surface area contributed by atoms with Crippen LogP contribution in [0.2, 0.25) is 5.02 Å². The van der Waals surface area contributed by atoms with Gasteiger partial charge < -0.3 is 0 Å². The van der Waals surface area contributed by atoms with Gasteiger partial charge in [-0.15, -0.1) is 0 Å². The minimum atomic E-state index is -0.376. The Morgan fingerprint density at radius 1 is 0.893 bits per heavy atom. The van der Waals surface area contributed by atoms with Crippen molar-refractivity contribution >= 4 is 40.1 Å². The highest BCUT2D eigenvalue weighted by atomic mass is 35.5. The fourth-order valence-corrected chi connectivity index (χ4v) is 3.66. The molecule has 2 aromatic carbocycles. The summed E-state index contributed by atoms with van der Waals surface area (Å²) in [6, 6.07) is 16.1. The lowest BCUT2D eigenvalue weighted by Gasteiger charge is -2.13. The molecule has 0 fully saturated rings. The number of rotatable bonds is 2. The van der Waals surface area contributed by atoms with Gasteiger partial charge in [0.25, 0.3) is 11.8 Å². The summed E-state index contributed by atoms with van der Waals surface area (Å²) in [5.74, 6) is -0.739. The highest BCUT2D eigenvalue weighted by molar-refractivity contribution is 6.37. The number of aryl methyl sites for hydroxylation is 1. The van der Waals surface area contributed by atoms with Gasteiger partial charge in [-0.3, -0.25) is 9.59 Å². The molecule has 1 aliphatic heterocycles. The smallest absolute Gasteiger partial charge is 0.267 e. The van der Waals surface area contributed by atoms with Crippen LogP contribution < -0.4 is 4.90 Å². The zero-order valence-electron chi connectivity index (χ0n) is 14.8. The van der Waals surface area contributed by atoms with Crippen molar-refractivity contribution in [3.63, 3.8) is 0 Å². The molecule has 1 aliphatic rings. The van der Waals surface area contributed by atoms with Gasteiger partial charge in [-0.1, -0.05) is 29.8 Å². The highest BCUT2D eigenvalue weighted by Crippen LogP contribution is 2.34. The maximum atomic E-state index is 13.2. The van der Waals surface area contributed by atoms with Gasteiger partial charge in [0.15, 0.2) is 5.65 Å². The standard InChI is InChI=1S/C21H13ClN4O2/c1-12-17-18-16(20(27)25(21(18)28)14-5-3-2-4-6-14)11-23-19(17)26(24-12)15-9-7-13(22)8-10-15/h2-11H,1H3. The van der Waals surface area contributed by atoms with E-state index in [4.69, 9.17) is 11.6 Å². The fraction of sp³-hybridized carbons (Fsp3) is 0.0476. The summed E-state index contributed by atoms with van der Waals surface area (Å²) in [6.45, 7) is 1.81. The van der Waals surface area contributed by atoms with Crippen molar-refractivity contribution < 1.29 is 9.59 Å². The Bertz CT molecular complexity index is 1260. The predicted octanol–water partition coefficient (Wildman–Crippen LogP) is 4.18. The average Bonchev–Trinajstić information content (AvgIpc) is 3.17. The van der Waals surface area contributed by atoms with Crippen LogP contribution in [0.15, 0.2) is 60.8 Å². The Kier molecular flexibility index (Phi) is 3.57. The molecule has 0 spiro atoms. The van der Waals surface area contributed by atoms with Crippen LogP contribution in [0.3, 0.4) is 0 Å². The number of pyridine rings is 1.